The number of hydrogen-bond donors (Lipinski definition) is 2. The lowest BCUT2D eigenvalue weighted by atomic mass is 10.1. The molecule has 0 saturated heterocycles. The molecule has 0 aliphatic heterocycles. The molecule has 0 radical (unpaired) electrons. The van der Waals surface area contributed by atoms with Gasteiger partial charge in [-0.2, -0.15) is 0 Å². The Morgan fingerprint density at radius 1 is 1.56 bits per heavy atom. The fraction of sp³-hybridized carbons (Fsp3) is 0.500. The first kappa shape index (κ1) is 12.6. The number of aromatic nitrogens is 1. The molecule has 0 bridgehead atoms. The predicted octanol–water partition coefficient (Wildman–Crippen LogP) is 1.45. The van der Waals surface area contributed by atoms with Crippen LogP contribution in [0, 0.1) is 11.3 Å². The average molecular weight is 220 g/mol. The molecule has 1 aromatic rings. The zero-order chi connectivity index (χ0) is 12.1. The number of pyridine rings is 1. The average Bonchev–Trinajstić information content (AvgIpc) is 2.16. The molecule has 4 nitrogen and oxygen atoms in total. The van der Waals surface area contributed by atoms with Gasteiger partial charge in [0.25, 0.3) is 0 Å². The second-order valence-electron chi connectivity index (χ2n) is 4.52. The highest BCUT2D eigenvalue weighted by Gasteiger charge is 2.09. The third-order valence-electron chi connectivity index (χ3n) is 2.26. The summed E-state index contributed by atoms with van der Waals surface area (Å²) in [5, 5.41) is 7.46. The molecule has 16 heavy (non-hydrogen) atoms. The third kappa shape index (κ3) is 3.62. The second kappa shape index (κ2) is 5.61. The molecule has 0 fully saturated rings. The van der Waals surface area contributed by atoms with E-state index in [9.17, 15) is 0 Å². The smallest absolute Gasteiger partial charge is 0.142 e. The van der Waals surface area contributed by atoms with Crippen LogP contribution in [0.15, 0.2) is 18.3 Å². The Labute approximate surface area is 97.0 Å². The highest BCUT2D eigenvalue weighted by atomic mass is 15.1. The minimum atomic E-state index is 0.0357. The van der Waals surface area contributed by atoms with E-state index in [2.05, 4.69) is 30.8 Å². The van der Waals surface area contributed by atoms with E-state index in [1.54, 1.807) is 6.20 Å². The molecule has 0 spiro atoms. The van der Waals surface area contributed by atoms with Gasteiger partial charge in [0.2, 0.25) is 0 Å². The lowest BCUT2D eigenvalue weighted by molar-refractivity contribution is 0.288. The summed E-state index contributed by atoms with van der Waals surface area (Å²) < 4.78 is 0. The van der Waals surface area contributed by atoms with E-state index in [1.807, 2.05) is 12.1 Å². The van der Waals surface area contributed by atoms with E-state index < -0.39 is 0 Å². The Hall–Kier alpha value is -1.42. The Balaban J connectivity index is 2.76. The number of nitrogens with one attached hydrogen (secondary N) is 1. The maximum Gasteiger partial charge on any atom is 0.142 e. The van der Waals surface area contributed by atoms with Crippen LogP contribution in [0.3, 0.4) is 0 Å². The van der Waals surface area contributed by atoms with Gasteiger partial charge in [0.05, 0.1) is 0 Å². The molecular formula is C12H20N4. The van der Waals surface area contributed by atoms with Crippen LogP contribution in [0.25, 0.3) is 0 Å². The van der Waals surface area contributed by atoms with Crippen molar-refractivity contribution in [1.29, 1.82) is 5.41 Å². The monoisotopic (exact) mass is 220 g/mol. The van der Waals surface area contributed by atoms with Crippen LogP contribution in [-0.2, 0) is 6.54 Å². The topological polar surface area (TPSA) is 66.0 Å². The van der Waals surface area contributed by atoms with E-state index in [1.165, 1.54) is 0 Å². The van der Waals surface area contributed by atoms with Gasteiger partial charge in [0, 0.05) is 19.3 Å². The molecule has 0 aliphatic rings. The molecule has 1 heterocycles. The number of nitrogens with two attached hydrogens (primary N) is 1. The number of nitrogen functional groups attached to an aromatic ring is 1. The lowest BCUT2D eigenvalue weighted by Crippen LogP contribution is -2.25. The standard InChI is InChI=1S/C12H20N4/c1-9(2)7-16(3)8-10-5-4-6-15-11(10)12(13)14/h4-6,9H,7-8H2,1-3H3,(H3,13,14). The van der Waals surface area contributed by atoms with Crippen molar-refractivity contribution < 1.29 is 0 Å². The molecule has 0 atom stereocenters. The van der Waals surface area contributed by atoms with Crippen LogP contribution in [0.1, 0.15) is 25.1 Å². The molecule has 88 valence electrons. The van der Waals surface area contributed by atoms with Crippen molar-refractivity contribution in [2.75, 3.05) is 13.6 Å². The summed E-state index contributed by atoms with van der Waals surface area (Å²) in [5.74, 6) is 0.663. The third-order valence-corrected chi connectivity index (χ3v) is 2.26. The lowest BCUT2D eigenvalue weighted by Gasteiger charge is -2.19. The highest BCUT2D eigenvalue weighted by Crippen LogP contribution is 2.08. The van der Waals surface area contributed by atoms with Gasteiger partial charge in [0.1, 0.15) is 11.5 Å². The highest BCUT2D eigenvalue weighted by molar-refractivity contribution is 5.94. The van der Waals surface area contributed by atoms with Crippen molar-refractivity contribution in [2.24, 2.45) is 11.7 Å². The summed E-state index contributed by atoms with van der Waals surface area (Å²) in [6.07, 6.45) is 1.67. The van der Waals surface area contributed by atoms with Crippen LogP contribution in [0.2, 0.25) is 0 Å². The van der Waals surface area contributed by atoms with E-state index in [0.29, 0.717) is 11.6 Å². The SMILES string of the molecule is CC(C)CN(C)Cc1cccnc1C(=N)N. The second-order valence-corrected chi connectivity index (χ2v) is 4.52. The Kier molecular flexibility index (Phi) is 4.43. The Bertz CT molecular complexity index is 360. The van der Waals surface area contributed by atoms with Crippen molar-refractivity contribution in [3.05, 3.63) is 29.6 Å². The molecular weight excluding hydrogens is 200 g/mol. The van der Waals surface area contributed by atoms with Crippen molar-refractivity contribution in [2.45, 2.75) is 20.4 Å². The molecule has 3 N–H and O–H groups in total. The maximum absolute atomic E-state index is 7.46. The molecule has 0 amide bonds. The molecule has 0 aromatic carbocycles. The van der Waals surface area contributed by atoms with Gasteiger partial charge in [-0.25, -0.2) is 0 Å². The van der Waals surface area contributed by atoms with E-state index in [-0.39, 0.29) is 5.84 Å². The van der Waals surface area contributed by atoms with Crippen LogP contribution >= 0.6 is 0 Å². The van der Waals surface area contributed by atoms with Crippen molar-refractivity contribution in [3.63, 3.8) is 0 Å². The molecule has 1 rings (SSSR count). The van der Waals surface area contributed by atoms with E-state index in [4.69, 9.17) is 11.1 Å². The number of rotatable bonds is 5. The fourth-order valence-corrected chi connectivity index (χ4v) is 1.79. The first-order valence-electron chi connectivity index (χ1n) is 5.47. The molecule has 4 heteroatoms. The Morgan fingerprint density at radius 3 is 2.81 bits per heavy atom. The van der Waals surface area contributed by atoms with Gasteiger partial charge in [-0.05, 0) is 24.6 Å². The van der Waals surface area contributed by atoms with Gasteiger partial charge in [-0.15, -0.1) is 0 Å². The summed E-state index contributed by atoms with van der Waals surface area (Å²) in [6.45, 7) is 6.17. The largest absolute Gasteiger partial charge is 0.382 e. The van der Waals surface area contributed by atoms with Crippen LogP contribution in [0.4, 0.5) is 0 Å². The summed E-state index contributed by atoms with van der Waals surface area (Å²) in [6, 6.07) is 3.85. The first-order chi connectivity index (χ1) is 7.50. The molecule has 0 unspecified atom stereocenters. The van der Waals surface area contributed by atoms with Crippen LogP contribution in [0.5, 0.6) is 0 Å². The predicted molar refractivity (Wildman–Crippen MR) is 66.4 cm³/mol. The van der Waals surface area contributed by atoms with Gasteiger partial charge in [-0.3, -0.25) is 10.4 Å². The number of nitrogens with zero attached hydrogens (tertiary/aromatic N) is 2. The Morgan fingerprint density at radius 2 is 2.25 bits per heavy atom. The van der Waals surface area contributed by atoms with Crippen molar-refractivity contribution >= 4 is 5.84 Å². The molecule has 1 aromatic heterocycles. The van der Waals surface area contributed by atoms with Gasteiger partial charge >= 0.3 is 0 Å². The summed E-state index contributed by atoms with van der Waals surface area (Å²) in [7, 11) is 2.07. The zero-order valence-electron chi connectivity index (χ0n) is 10.2. The molecule has 0 aliphatic carbocycles. The number of amidine groups is 1. The summed E-state index contributed by atoms with van der Waals surface area (Å²) in [4.78, 5) is 6.35. The van der Waals surface area contributed by atoms with Gasteiger partial charge < -0.3 is 10.6 Å². The van der Waals surface area contributed by atoms with Crippen molar-refractivity contribution in [1.82, 2.24) is 9.88 Å². The first-order valence-corrected chi connectivity index (χ1v) is 5.47. The van der Waals surface area contributed by atoms with Crippen molar-refractivity contribution in [3.8, 4) is 0 Å². The minimum absolute atomic E-state index is 0.0357. The van der Waals surface area contributed by atoms with E-state index in [0.717, 1.165) is 18.7 Å². The zero-order valence-corrected chi connectivity index (χ0v) is 10.2. The van der Waals surface area contributed by atoms with Crippen LogP contribution in [-0.4, -0.2) is 29.3 Å². The maximum atomic E-state index is 7.46. The summed E-state index contributed by atoms with van der Waals surface area (Å²) in [5.41, 5.74) is 7.10. The molecule has 0 saturated carbocycles. The normalized spacial score (nSPS) is 11.1. The fourth-order valence-electron chi connectivity index (χ4n) is 1.79. The van der Waals surface area contributed by atoms with Gasteiger partial charge in [0.15, 0.2) is 0 Å². The number of hydrogen-bond acceptors (Lipinski definition) is 3. The van der Waals surface area contributed by atoms with Crippen LogP contribution < -0.4 is 5.73 Å². The minimum Gasteiger partial charge on any atom is -0.382 e. The van der Waals surface area contributed by atoms with Gasteiger partial charge in [-0.1, -0.05) is 19.9 Å². The quantitative estimate of drug-likeness (QED) is 0.583. The van der Waals surface area contributed by atoms with E-state index >= 15 is 0 Å². The summed E-state index contributed by atoms with van der Waals surface area (Å²) >= 11 is 0.